The molecular weight excluding hydrogens is 432 g/mol. The van der Waals surface area contributed by atoms with Gasteiger partial charge in [0.2, 0.25) is 0 Å². The molecule has 0 atom stereocenters. The van der Waals surface area contributed by atoms with Gasteiger partial charge >= 0.3 is 5.97 Å². The molecule has 0 aliphatic heterocycles. The number of esters is 1. The van der Waals surface area contributed by atoms with Crippen LogP contribution < -0.4 is 19.6 Å². The zero-order valence-electron chi connectivity index (χ0n) is 18.6. The van der Waals surface area contributed by atoms with Crippen molar-refractivity contribution in [2.24, 2.45) is 5.10 Å². The van der Waals surface area contributed by atoms with Crippen molar-refractivity contribution in [2.45, 2.75) is 0 Å². The number of nitrogens with zero attached hydrogens (tertiary/aromatic N) is 1. The van der Waals surface area contributed by atoms with Gasteiger partial charge in [-0.3, -0.25) is 4.79 Å². The number of ether oxygens (including phenoxy) is 3. The minimum atomic E-state index is -0.483. The van der Waals surface area contributed by atoms with Crippen LogP contribution in [0.15, 0.2) is 90.0 Å². The van der Waals surface area contributed by atoms with E-state index in [1.54, 1.807) is 55.6 Å². The zero-order valence-corrected chi connectivity index (χ0v) is 18.6. The number of fused-ring (bicyclic) bond motifs is 1. The fraction of sp³-hybridized carbons (Fsp3) is 0.0741. The third-order valence-corrected chi connectivity index (χ3v) is 5.13. The third kappa shape index (κ3) is 5.05. The van der Waals surface area contributed by atoms with E-state index >= 15 is 0 Å². The Labute approximate surface area is 196 Å². The van der Waals surface area contributed by atoms with Crippen molar-refractivity contribution >= 4 is 28.9 Å². The summed E-state index contributed by atoms with van der Waals surface area (Å²) in [7, 11) is 3.04. The first kappa shape index (κ1) is 22.5. The number of hydrazone groups is 1. The van der Waals surface area contributed by atoms with E-state index in [0.717, 1.165) is 10.8 Å². The summed E-state index contributed by atoms with van der Waals surface area (Å²) in [5.74, 6) is 0.460. The zero-order chi connectivity index (χ0) is 23.9. The molecular formula is C27H22N2O5. The van der Waals surface area contributed by atoms with Crippen LogP contribution in [0, 0.1) is 0 Å². The summed E-state index contributed by atoms with van der Waals surface area (Å²) in [5.41, 5.74) is 4.04. The third-order valence-electron chi connectivity index (χ3n) is 5.13. The number of amides is 1. The lowest BCUT2D eigenvalue weighted by Gasteiger charge is -2.11. The van der Waals surface area contributed by atoms with Crippen molar-refractivity contribution in [3.63, 3.8) is 0 Å². The van der Waals surface area contributed by atoms with E-state index in [1.807, 2.05) is 36.4 Å². The number of hydrogen-bond donors (Lipinski definition) is 1. The largest absolute Gasteiger partial charge is 0.497 e. The van der Waals surface area contributed by atoms with Crippen molar-refractivity contribution < 1.29 is 23.8 Å². The van der Waals surface area contributed by atoms with Crippen molar-refractivity contribution in [3.8, 4) is 17.2 Å². The molecule has 0 bridgehead atoms. The first-order chi connectivity index (χ1) is 16.6. The molecule has 0 aliphatic rings. The van der Waals surface area contributed by atoms with E-state index < -0.39 is 5.97 Å². The predicted octanol–water partition coefficient (Wildman–Crippen LogP) is 4.84. The van der Waals surface area contributed by atoms with Crippen LogP contribution in [0.2, 0.25) is 0 Å². The van der Waals surface area contributed by atoms with Crippen LogP contribution >= 0.6 is 0 Å². The summed E-state index contributed by atoms with van der Waals surface area (Å²) in [4.78, 5) is 25.1. The van der Waals surface area contributed by atoms with Gasteiger partial charge < -0.3 is 14.2 Å². The van der Waals surface area contributed by atoms with E-state index in [0.29, 0.717) is 28.2 Å². The molecule has 0 saturated heterocycles. The lowest BCUT2D eigenvalue weighted by Crippen LogP contribution is -2.17. The highest BCUT2D eigenvalue weighted by atomic mass is 16.6. The minimum Gasteiger partial charge on any atom is -0.497 e. The first-order valence-corrected chi connectivity index (χ1v) is 10.4. The molecule has 0 fully saturated rings. The van der Waals surface area contributed by atoms with E-state index in [9.17, 15) is 9.59 Å². The predicted molar refractivity (Wildman–Crippen MR) is 130 cm³/mol. The van der Waals surface area contributed by atoms with Gasteiger partial charge in [-0.2, -0.15) is 5.10 Å². The molecule has 7 nitrogen and oxygen atoms in total. The van der Waals surface area contributed by atoms with E-state index in [2.05, 4.69) is 10.5 Å². The minimum absolute atomic E-state index is 0.278. The van der Waals surface area contributed by atoms with E-state index in [1.165, 1.54) is 13.3 Å². The normalized spacial score (nSPS) is 10.8. The molecule has 4 rings (SSSR count). The van der Waals surface area contributed by atoms with Gasteiger partial charge in [0.05, 0.1) is 26.0 Å². The van der Waals surface area contributed by atoms with Crippen molar-refractivity contribution in [1.29, 1.82) is 0 Å². The summed E-state index contributed by atoms with van der Waals surface area (Å²) < 4.78 is 16.1. The number of nitrogens with one attached hydrogen (secondary N) is 1. The molecule has 4 aromatic carbocycles. The van der Waals surface area contributed by atoms with Gasteiger partial charge in [-0.05, 0) is 64.9 Å². The van der Waals surface area contributed by atoms with Gasteiger partial charge in [0.1, 0.15) is 5.75 Å². The second kappa shape index (κ2) is 10.3. The summed E-state index contributed by atoms with van der Waals surface area (Å²) in [6, 6.07) is 24.8. The molecule has 4 aromatic rings. The Morgan fingerprint density at radius 1 is 0.824 bits per heavy atom. The average molecular weight is 454 g/mol. The monoisotopic (exact) mass is 454 g/mol. The van der Waals surface area contributed by atoms with Crippen molar-refractivity contribution in [3.05, 3.63) is 102 Å². The number of rotatable bonds is 7. The smallest absolute Gasteiger partial charge is 0.344 e. The Hall–Kier alpha value is -4.65. The highest BCUT2D eigenvalue weighted by Crippen LogP contribution is 2.29. The van der Waals surface area contributed by atoms with Gasteiger partial charge in [-0.25, -0.2) is 10.2 Å². The van der Waals surface area contributed by atoms with Crippen LogP contribution in [0.25, 0.3) is 10.8 Å². The fourth-order valence-electron chi connectivity index (χ4n) is 3.38. The highest BCUT2D eigenvalue weighted by Gasteiger charge is 2.15. The molecule has 170 valence electrons. The molecule has 0 heterocycles. The molecule has 7 heteroatoms. The maximum atomic E-state index is 12.8. The molecule has 0 spiro atoms. The maximum absolute atomic E-state index is 12.8. The lowest BCUT2D eigenvalue weighted by atomic mass is 10.0. The molecule has 1 N–H and O–H groups in total. The Balaban J connectivity index is 1.45. The first-order valence-electron chi connectivity index (χ1n) is 10.4. The number of carbonyl (C=O) groups excluding carboxylic acids is 2. The lowest BCUT2D eigenvalue weighted by molar-refractivity contribution is 0.0731. The molecule has 0 aliphatic carbocycles. The van der Waals surface area contributed by atoms with Gasteiger partial charge in [-0.15, -0.1) is 0 Å². The van der Waals surface area contributed by atoms with Crippen LogP contribution in [0.4, 0.5) is 0 Å². The molecule has 1 amide bonds. The number of carbonyl (C=O) groups is 2. The summed E-state index contributed by atoms with van der Waals surface area (Å²) in [6.07, 6.45) is 1.47. The van der Waals surface area contributed by atoms with Gasteiger partial charge in [0.25, 0.3) is 5.91 Å². The van der Waals surface area contributed by atoms with Gasteiger partial charge in [-0.1, -0.05) is 36.4 Å². The Kier molecular flexibility index (Phi) is 6.84. The maximum Gasteiger partial charge on any atom is 0.344 e. The van der Waals surface area contributed by atoms with E-state index in [4.69, 9.17) is 14.2 Å². The SMILES string of the molecule is COc1ccc(C(=O)N/N=C\c2ccc(OC(=O)c3cccc4ccccc34)c(OC)c2)cc1. The highest BCUT2D eigenvalue weighted by molar-refractivity contribution is 6.05. The van der Waals surface area contributed by atoms with Crippen LogP contribution in [0.5, 0.6) is 17.2 Å². The Morgan fingerprint density at radius 3 is 2.35 bits per heavy atom. The second-order valence-electron chi connectivity index (χ2n) is 7.25. The average Bonchev–Trinajstić information content (AvgIpc) is 2.89. The van der Waals surface area contributed by atoms with Gasteiger partial charge in [0, 0.05) is 5.56 Å². The molecule has 0 radical (unpaired) electrons. The standard InChI is InChI=1S/C27H22N2O5/c1-32-21-13-11-20(12-14-21)26(30)29-28-17-18-10-15-24(25(16-18)33-2)34-27(31)23-9-5-7-19-6-3-4-8-22(19)23/h3-17H,1-2H3,(H,29,30)/b28-17-. The van der Waals surface area contributed by atoms with Crippen LogP contribution in [0.3, 0.4) is 0 Å². The second-order valence-corrected chi connectivity index (χ2v) is 7.25. The Morgan fingerprint density at radius 2 is 1.59 bits per heavy atom. The van der Waals surface area contributed by atoms with Crippen LogP contribution in [-0.4, -0.2) is 32.3 Å². The Bertz CT molecular complexity index is 1360. The molecule has 0 unspecified atom stereocenters. The fourth-order valence-corrected chi connectivity index (χ4v) is 3.38. The number of benzene rings is 4. The number of hydrogen-bond acceptors (Lipinski definition) is 6. The molecule has 34 heavy (non-hydrogen) atoms. The molecule has 0 aromatic heterocycles. The van der Waals surface area contributed by atoms with E-state index in [-0.39, 0.29) is 11.7 Å². The summed E-state index contributed by atoms with van der Waals surface area (Å²) in [5, 5.41) is 5.75. The topological polar surface area (TPSA) is 86.2 Å². The van der Waals surface area contributed by atoms with Crippen LogP contribution in [-0.2, 0) is 0 Å². The summed E-state index contributed by atoms with van der Waals surface area (Å²) in [6.45, 7) is 0. The number of methoxy groups -OCH3 is 2. The van der Waals surface area contributed by atoms with Crippen molar-refractivity contribution in [2.75, 3.05) is 14.2 Å². The quantitative estimate of drug-likeness (QED) is 0.187. The summed E-state index contributed by atoms with van der Waals surface area (Å²) >= 11 is 0. The van der Waals surface area contributed by atoms with Crippen molar-refractivity contribution in [1.82, 2.24) is 5.43 Å². The van der Waals surface area contributed by atoms with Crippen LogP contribution in [0.1, 0.15) is 26.3 Å². The van der Waals surface area contributed by atoms with Gasteiger partial charge in [0.15, 0.2) is 11.5 Å². The molecule has 0 saturated carbocycles.